The van der Waals surface area contributed by atoms with E-state index in [-0.39, 0.29) is 46.8 Å². The van der Waals surface area contributed by atoms with Crippen LogP contribution in [-0.4, -0.2) is 37.7 Å². The molecule has 0 saturated carbocycles. The molecular weight excluding hydrogens is 373 g/mol. The highest BCUT2D eigenvalue weighted by molar-refractivity contribution is 5.94. The lowest BCUT2D eigenvalue weighted by atomic mass is 10.1. The third-order valence-electron chi connectivity index (χ3n) is 4.34. The van der Waals surface area contributed by atoms with E-state index in [1.165, 1.54) is 12.4 Å². The van der Waals surface area contributed by atoms with Crippen molar-refractivity contribution >= 4 is 17.0 Å². The number of nitrogens with zero attached hydrogens (tertiary/aromatic N) is 4. The molecule has 0 amide bonds. The monoisotopic (exact) mass is 390 g/mol. The number of aliphatic hydroxyl groups excluding tert-OH is 1. The molecule has 146 valence electrons. The predicted octanol–water partition coefficient (Wildman–Crippen LogP) is 3.34. The van der Waals surface area contributed by atoms with Crippen LogP contribution in [0.5, 0.6) is 0 Å². The molecule has 1 unspecified atom stereocenters. The highest BCUT2D eigenvalue weighted by Crippen LogP contribution is 2.34. The molecule has 0 aromatic carbocycles. The summed E-state index contributed by atoms with van der Waals surface area (Å²) in [6, 6.07) is 2.60. The number of pyridine rings is 1. The smallest absolute Gasteiger partial charge is 0.394 e. The first-order chi connectivity index (χ1) is 13.2. The number of hydrogen-bond donors (Lipinski definition) is 3. The van der Waals surface area contributed by atoms with E-state index < -0.39 is 11.7 Å². The number of aromatic amines is 1. The van der Waals surface area contributed by atoms with Gasteiger partial charge in [0.1, 0.15) is 11.7 Å². The van der Waals surface area contributed by atoms with Crippen LogP contribution < -0.4 is 5.32 Å². The third kappa shape index (κ3) is 3.75. The van der Waals surface area contributed by atoms with Crippen LogP contribution in [0.4, 0.5) is 19.1 Å². The largest absolute Gasteiger partial charge is 0.417 e. The summed E-state index contributed by atoms with van der Waals surface area (Å²) in [4.78, 5) is 15.0. The second kappa shape index (κ2) is 7.44. The van der Waals surface area contributed by atoms with Gasteiger partial charge in [0, 0.05) is 23.3 Å². The number of fused-ring (bicyclic) bond motifs is 1. The summed E-state index contributed by atoms with van der Waals surface area (Å²) in [5.41, 5.74) is -0.0650. The Balaban J connectivity index is 2.12. The van der Waals surface area contributed by atoms with Gasteiger partial charge in [0.05, 0.1) is 35.7 Å². The summed E-state index contributed by atoms with van der Waals surface area (Å²) < 4.78 is 39.2. The van der Waals surface area contributed by atoms with Crippen molar-refractivity contribution in [3.63, 3.8) is 0 Å². The Morgan fingerprint density at radius 1 is 1.29 bits per heavy atom. The SMILES string of the molecule is CC(C)C(CO)Nc1ncc(C#N)c(-c2c[nH]c3ncc(C(F)(F)F)cc23)n1. The molecule has 0 aliphatic heterocycles. The Hall–Kier alpha value is -3.19. The van der Waals surface area contributed by atoms with Gasteiger partial charge in [-0.15, -0.1) is 0 Å². The number of anilines is 1. The van der Waals surface area contributed by atoms with Gasteiger partial charge in [-0.2, -0.15) is 18.4 Å². The number of aromatic nitrogens is 4. The highest BCUT2D eigenvalue weighted by Gasteiger charge is 2.31. The average Bonchev–Trinajstić information content (AvgIpc) is 3.08. The molecule has 0 spiro atoms. The number of rotatable bonds is 5. The maximum absolute atomic E-state index is 13.1. The average molecular weight is 390 g/mol. The lowest BCUT2D eigenvalue weighted by molar-refractivity contribution is -0.137. The maximum Gasteiger partial charge on any atom is 0.417 e. The highest BCUT2D eigenvalue weighted by atomic mass is 19.4. The number of nitriles is 1. The van der Waals surface area contributed by atoms with Crippen molar-refractivity contribution in [3.05, 3.63) is 35.8 Å². The third-order valence-corrected chi connectivity index (χ3v) is 4.34. The summed E-state index contributed by atoms with van der Waals surface area (Å²) >= 11 is 0. The van der Waals surface area contributed by atoms with Gasteiger partial charge < -0.3 is 15.4 Å². The van der Waals surface area contributed by atoms with Gasteiger partial charge >= 0.3 is 6.18 Å². The van der Waals surface area contributed by atoms with Gasteiger partial charge in [-0.1, -0.05) is 13.8 Å². The molecule has 3 N–H and O–H groups in total. The van der Waals surface area contributed by atoms with Gasteiger partial charge in [0.25, 0.3) is 0 Å². The fourth-order valence-corrected chi connectivity index (χ4v) is 2.68. The minimum absolute atomic E-state index is 0.0827. The summed E-state index contributed by atoms with van der Waals surface area (Å²) in [6.45, 7) is 3.66. The molecule has 0 bridgehead atoms. The van der Waals surface area contributed by atoms with Crippen LogP contribution >= 0.6 is 0 Å². The van der Waals surface area contributed by atoms with Crippen molar-refractivity contribution in [2.75, 3.05) is 11.9 Å². The van der Waals surface area contributed by atoms with E-state index in [1.807, 2.05) is 19.9 Å². The van der Waals surface area contributed by atoms with Crippen LogP contribution in [0.15, 0.2) is 24.7 Å². The van der Waals surface area contributed by atoms with Crippen LogP contribution in [0.1, 0.15) is 25.0 Å². The molecule has 3 rings (SSSR count). The van der Waals surface area contributed by atoms with Gasteiger partial charge in [-0.3, -0.25) is 0 Å². The lowest BCUT2D eigenvalue weighted by Gasteiger charge is -2.20. The van der Waals surface area contributed by atoms with E-state index in [1.54, 1.807) is 0 Å². The van der Waals surface area contributed by atoms with Gasteiger partial charge in [0.2, 0.25) is 5.95 Å². The van der Waals surface area contributed by atoms with Crippen molar-refractivity contribution in [2.24, 2.45) is 5.92 Å². The summed E-state index contributed by atoms with van der Waals surface area (Å²) in [5, 5.41) is 22.0. The number of alkyl halides is 3. The zero-order chi connectivity index (χ0) is 20.5. The maximum atomic E-state index is 13.1. The molecule has 3 aromatic heterocycles. The van der Waals surface area contributed by atoms with Crippen molar-refractivity contribution in [2.45, 2.75) is 26.1 Å². The Labute approximate surface area is 158 Å². The first kappa shape index (κ1) is 19.6. The molecule has 0 aliphatic carbocycles. The fourth-order valence-electron chi connectivity index (χ4n) is 2.68. The summed E-state index contributed by atoms with van der Waals surface area (Å²) in [5.74, 6) is 0.246. The summed E-state index contributed by atoms with van der Waals surface area (Å²) in [6.07, 6.45) is -1.05. The second-order valence-electron chi connectivity index (χ2n) is 6.57. The van der Waals surface area contributed by atoms with Gasteiger partial charge in [-0.25, -0.2) is 15.0 Å². The van der Waals surface area contributed by atoms with E-state index >= 15 is 0 Å². The number of nitrogens with one attached hydrogen (secondary N) is 2. The lowest BCUT2D eigenvalue weighted by Crippen LogP contribution is -2.30. The van der Waals surface area contributed by atoms with Gasteiger partial charge in [0.15, 0.2) is 0 Å². The van der Waals surface area contributed by atoms with Crippen molar-refractivity contribution < 1.29 is 18.3 Å². The van der Waals surface area contributed by atoms with Crippen LogP contribution in [0.2, 0.25) is 0 Å². The molecule has 28 heavy (non-hydrogen) atoms. The normalized spacial score (nSPS) is 12.9. The molecule has 3 heterocycles. The molecule has 0 saturated heterocycles. The Kier molecular flexibility index (Phi) is 5.20. The Morgan fingerprint density at radius 2 is 2.04 bits per heavy atom. The molecule has 0 radical (unpaired) electrons. The fraction of sp³-hybridized carbons (Fsp3) is 0.333. The van der Waals surface area contributed by atoms with E-state index in [9.17, 15) is 23.5 Å². The second-order valence-corrected chi connectivity index (χ2v) is 6.57. The first-order valence-electron chi connectivity index (χ1n) is 8.43. The molecule has 0 aliphatic rings. The van der Waals surface area contributed by atoms with Crippen LogP contribution in [0, 0.1) is 17.2 Å². The van der Waals surface area contributed by atoms with Crippen LogP contribution in [-0.2, 0) is 6.18 Å². The zero-order valence-electron chi connectivity index (χ0n) is 15.0. The number of hydrogen-bond acceptors (Lipinski definition) is 6. The Morgan fingerprint density at radius 3 is 2.64 bits per heavy atom. The Bertz CT molecular complexity index is 1040. The van der Waals surface area contributed by atoms with Gasteiger partial charge in [-0.05, 0) is 12.0 Å². The molecule has 3 aromatic rings. The first-order valence-corrected chi connectivity index (χ1v) is 8.43. The molecule has 0 fully saturated rings. The minimum Gasteiger partial charge on any atom is -0.394 e. The van der Waals surface area contributed by atoms with Crippen LogP contribution in [0.3, 0.4) is 0 Å². The number of aliphatic hydroxyl groups is 1. The zero-order valence-corrected chi connectivity index (χ0v) is 15.0. The van der Waals surface area contributed by atoms with Crippen molar-refractivity contribution in [1.29, 1.82) is 5.26 Å². The van der Waals surface area contributed by atoms with E-state index in [2.05, 4.69) is 25.3 Å². The van der Waals surface area contributed by atoms with E-state index in [4.69, 9.17) is 0 Å². The minimum atomic E-state index is -4.54. The molecular formula is C18H17F3N6O. The van der Waals surface area contributed by atoms with E-state index in [0.717, 1.165) is 12.3 Å². The van der Waals surface area contributed by atoms with Crippen LogP contribution in [0.25, 0.3) is 22.3 Å². The topological polar surface area (TPSA) is 111 Å². The standard InChI is InChI=1S/C18H17F3N6O/c1-9(2)14(8-28)26-17-25-5-10(4-22)15(27-17)13-7-24-16-12(13)3-11(6-23-16)18(19,20)21/h3,5-7,9,14,28H,8H2,1-2H3,(H,23,24)(H,25,26,27). The predicted molar refractivity (Wildman–Crippen MR) is 96.2 cm³/mol. The number of H-pyrrole nitrogens is 1. The molecule has 1 atom stereocenters. The van der Waals surface area contributed by atoms with Crippen molar-refractivity contribution in [1.82, 2.24) is 19.9 Å². The van der Waals surface area contributed by atoms with Crippen molar-refractivity contribution in [3.8, 4) is 17.3 Å². The summed E-state index contributed by atoms with van der Waals surface area (Å²) in [7, 11) is 0. The quantitative estimate of drug-likeness (QED) is 0.616. The number of halogens is 3. The van der Waals surface area contributed by atoms with E-state index in [0.29, 0.717) is 5.56 Å². The molecule has 7 nitrogen and oxygen atoms in total. The molecule has 10 heteroatoms.